The summed E-state index contributed by atoms with van der Waals surface area (Å²) in [5.41, 5.74) is 3.44. The summed E-state index contributed by atoms with van der Waals surface area (Å²) in [4.78, 5) is 17.1. The second-order valence-corrected chi connectivity index (χ2v) is 8.04. The predicted molar refractivity (Wildman–Crippen MR) is 109 cm³/mol. The fourth-order valence-corrected chi connectivity index (χ4v) is 4.12. The minimum Gasteiger partial charge on any atom is -0.274 e. The first-order valence-electron chi connectivity index (χ1n) is 9.31. The molecule has 0 saturated heterocycles. The SMILES string of the molecule is Cc1ccc2nc(CSc3nnc(C4CC4)n3-c3ccccc3)cc(=O)n2c1. The Kier molecular flexibility index (Phi) is 4.24. The van der Waals surface area contributed by atoms with Gasteiger partial charge in [0.05, 0.1) is 5.69 Å². The maximum absolute atomic E-state index is 12.4. The van der Waals surface area contributed by atoms with Crippen LogP contribution in [0, 0.1) is 6.92 Å². The summed E-state index contributed by atoms with van der Waals surface area (Å²) in [5, 5.41) is 9.71. The van der Waals surface area contributed by atoms with E-state index in [0.29, 0.717) is 17.3 Å². The zero-order chi connectivity index (χ0) is 19.1. The lowest BCUT2D eigenvalue weighted by atomic mass is 10.3. The summed E-state index contributed by atoms with van der Waals surface area (Å²) < 4.78 is 3.72. The molecule has 0 aliphatic heterocycles. The summed E-state index contributed by atoms with van der Waals surface area (Å²) in [7, 11) is 0. The molecule has 0 bridgehead atoms. The Bertz CT molecular complexity index is 1210. The molecule has 1 aromatic carbocycles. The second kappa shape index (κ2) is 6.91. The number of benzene rings is 1. The van der Waals surface area contributed by atoms with Crippen LogP contribution in [0.3, 0.4) is 0 Å². The largest absolute Gasteiger partial charge is 0.274 e. The number of hydrogen-bond acceptors (Lipinski definition) is 5. The van der Waals surface area contributed by atoms with E-state index in [1.165, 1.54) is 0 Å². The van der Waals surface area contributed by atoms with Gasteiger partial charge in [0, 0.05) is 29.6 Å². The van der Waals surface area contributed by atoms with Crippen molar-refractivity contribution in [2.45, 2.75) is 36.6 Å². The maximum Gasteiger partial charge on any atom is 0.258 e. The molecule has 3 aromatic heterocycles. The molecule has 0 amide bonds. The molecule has 0 atom stereocenters. The van der Waals surface area contributed by atoms with Gasteiger partial charge in [-0.3, -0.25) is 13.8 Å². The van der Waals surface area contributed by atoms with Crippen LogP contribution in [0.4, 0.5) is 0 Å². The van der Waals surface area contributed by atoms with Gasteiger partial charge < -0.3 is 0 Å². The standard InChI is InChI=1S/C21H19N5OS/c1-14-7-10-18-22-16(11-19(27)25(18)12-14)13-28-21-24-23-20(15-8-9-15)26(21)17-5-3-2-4-6-17/h2-7,10-12,15H,8-9,13H2,1H3. The highest BCUT2D eigenvalue weighted by atomic mass is 32.2. The fraction of sp³-hybridized carbons (Fsp3) is 0.238. The van der Waals surface area contributed by atoms with Gasteiger partial charge in [-0.2, -0.15) is 0 Å². The third-order valence-corrected chi connectivity index (χ3v) is 5.79. The summed E-state index contributed by atoms with van der Waals surface area (Å²) in [6.45, 7) is 1.96. The molecular formula is C21H19N5OS. The van der Waals surface area contributed by atoms with Crippen molar-refractivity contribution in [3.05, 3.63) is 82.2 Å². The van der Waals surface area contributed by atoms with Gasteiger partial charge in [-0.1, -0.05) is 36.0 Å². The topological polar surface area (TPSA) is 65.1 Å². The Morgan fingerprint density at radius 3 is 2.71 bits per heavy atom. The number of para-hydroxylation sites is 1. The van der Waals surface area contributed by atoms with Crippen LogP contribution in [0.2, 0.25) is 0 Å². The molecule has 0 radical (unpaired) electrons. The van der Waals surface area contributed by atoms with Crippen LogP contribution in [0.15, 0.2) is 64.7 Å². The normalized spacial score (nSPS) is 13.9. The molecule has 7 heteroatoms. The monoisotopic (exact) mass is 389 g/mol. The number of nitrogens with zero attached hydrogens (tertiary/aromatic N) is 5. The Hall–Kier alpha value is -2.93. The Morgan fingerprint density at radius 2 is 1.93 bits per heavy atom. The van der Waals surface area contributed by atoms with E-state index in [-0.39, 0.29) is 5.56 Å². The molecule has 0 unspecified atom stereocenters. The molecular weight excluding hydrogens is 370 g/mol. The molecule has 6 nitrogen and oxygen atoms in total. The summed E-state index contributed by atoms with van der Waals surface area (Å²) >= 11 is 1.56. The minimum atomic E-state index is -0.0625. The van der Waals surface area contributed by atoms with Crippen molar-refractivity contribution in [3.8, 4) is 5.69 Å². The molecule has 140 valence electrons. The quantitative estimate of drug-likeness (QED) is 0.486. The molecule has 4 aromatic rings. The lowest BCUT2D eigenvalue weighted by Crippen LogP contribution is -2.15. The first kappa shape index (κ1) is 17.2. The van der Waals surface area contributed by atoms with Gasteiger partial charge in [-0.05, 0) is 43.5 Å². The van der Waals surface area contributed by atoms with Gasteiger partial charge in [0.25, 0.3) is 5.56 Å². The van der Waals surface area contributed by atoms with Crippen molar-refractivity contribution in [3.63, 3.8) is 0 Å². The lowest BCUT2D eigenvalue weighted by molar-refractivity contribution is 0.829. The lowest BCUT2D eigenvalue weighted by Gasteiger charge is -2.10. The van der Waals surface area contributed by atoms with Gasteiger partial charge in [0.2, 0.25) is 0 Å². The Morgan fingerprint density at radius 1 is 1.11 bits per heavy atom. The third kappa shape index (κ3) is 3.22. The molecule has 28 heavy (non-hydrogen) atoms. The summed E-state index contributed by atoms with van der Waals surface area (Å²) in [6, 6.07) is 15.6. The van der Waals surface area contributed by atoms with E-state index >= 15 is 0 Å². The van der Waals surface area contributed by atoms with Crippen LogP contribution < -0.4 is 5.56 Å². The first-order chi connectivity index (χ1) is 13.7. The van der Waals surface area contributed by atoms with Crippen LogP contribution in [0.25, 0.3) is 11.3 Å². The first-order valence-corrected chi connectivity index (χ1v) is 10.3. The van der Waals surface area contributed by atoms with Crippen LogP contribution >= 0.6 is 11.8 Å². The second-order valence-electron chi connectivity index (χ2n) is 7.10. The number of aryl methyl sites for hydroxylation is 1. The van der Waals surface area contributed by atoms with Gasteiger partial charge in [0.15, 0.2) is 5.16 Å². The molecule has 1 aliphatic carbocycles. The van der Waals surface area contributed by atoms with E-state index in [2.05, 4.69) is 31.9 Å². The van der Waals surface area contributed by atoms with Crippen molar-refractivity contribution >= 4 is 17.4 Å². The highest BCUT2D eigenvalue weighted by Gasteiger charge is 2.31. The highest BCUT2D eigenvalue weighted by molar-refractivity contribution is 7.98. The predicted octanol–water partition coefficient (Wildman–Crippen LogP) is 3.75. The van der Waals surface area contributed by atoms with Crippen LogP contribution in [-0.4, -0.2) is 24.1 Å². The number of fused-ring (bicyclic) bond motifs is 1. The summed E-state index contributed by atoms with van der Waals surface area (Å²) in [6.07, 6.45) is 4.14. The smallest absolute Gasteiger partial charge is 0.258 e. The fourth-order valence-electron chi connectivity index (χ4n) is 3.27. The number of aromatic nitrogens is 5. The molecule has 0 spiro atoms. The van der Waals surface area contributed by atoms with E-state index in [1.54, 1.807) is 22.2 Å². The number of rotatable bonds is 5. The van der Waals surface area contributed by atoms with Crippen molar-refractivity contribution in [1.82, 2.24) is 24.1 Å². The zero-order valence-electron chi connectivity index (χ0n) is 15.4. The molecule has 1 saturated carbocycles. The Labute approximate surface area is 166 Å². The van der Waals surface area contributed by atoms with Crippen LogP contribution in [-0.2, 0) is 5.75 Å². The van der Waals surface area contributed by atoms with Crippen molar-refractivity contribution in [1.29, 1.82) is 0 Å². The van der Waals surface area contributed by atoms with E-state index in [9.17, 15) is 4.79 Å². The minimum absolute atomic E-state index is 0.0625. The molecule has 5 rings (SSSR count). The number of hydrogen-bond donors (Lipinski definition) is 0. The highest BCUT2D eigenvalue weighted by Crippen LogP contribution is 2.41. The maximum atomic E-state index is 12.4. The van der Waals surface area contributed by atoms with Gasteiger partial charge in [-0.25, -0.2) is 4.98 Å². The molecule has 1 aliphatic rings. The average Bonchev–Trinajstić information content (AvgIpc) is 3.47. The van der Waals surface area contributed by atoms with Crippen molar-refractivity contribution in [2.75, 3.05) is 0 Å². The van der Waals surface area contributed by atoms with E-state index in [4.69, 9.17) is 0 Å². The van der Waals surface area contributed by atoms with Crippen LogP contribution in [0.5, 0.6) is 0 Å². The van der Waals surface area contributed by atoms with Crippen molar-refractivity contribution in [2.24, 2.45) is 0 Å². The number of pyridine rings is 1. The van der Waals surface area contributed by atoms with E-state index < -0.39 is 0 Å². The van der Waals surface area contributed by atoms with Crippen LogP contribution in [0.1, 0.15) is 35.8 Å². The molecule has 3 heterocycles. The molecule has 0 N–H and O–H groups in total. The van der Waals surface area contributed by atoms with Crippen molar-refractivity contribution < 1.29 is 0 Å². The average molecular weight is 389 g/mol. The van der Waals surface area contributed by atoms with Gasteiger partial charge in [-0.15, -0.1) is 10.2 Å². The van der Waals surface area contributed by atoms with Gasteiger partial charge in [0.1, 0.15) is 11.5 Å². The third-order valence-electron chi connectivity index (χ3n) is 4.82. The molecule has 1 fully saturated rings. The van der Waals surface area contributed by atoms with E-state index in [1.807, 2.05) is 43.5 Å². The summed E-state index contributed by atoms with van der Waals surface area (Å²) in [5.74, 6) is 2.08. The zero-order valence-corrected chi connectivity index (χ0v) is 16.3. The van der Waals surface area contributed by atoms with Gasteiger partial charge >= 0.3 is 0 Å². The van der Waals surface area contributed by atoms with E-state index in [0.717, 1.165) is 40.8 Å². The number of thioether (sulfide) groups is 1. The Balaban J connectivity index is 1.47.